The maximum atomic E-state index is 12.2. The van der Waals surface area contributed by atoms with Crippen LogP contribution in [-0.4, -0.2) is 28.8 Å². The highest BCUT2D eigenvalue weighted by molar-refractivity contribution is 7.99. The average molecular weight is 325 g/mol. The topological polar surface area (TPSA) is 46.3 Å². The van der Waals surface area contributed by atoms with Gasteiger partial charge in [0.1, 0.15) is 6.26 Å². The fourth-order valence-electron chi connectivity index (χ4n) is 1.84. The molecule has 1 aromatic heterocycles. The van der Waals surface area contributed by atoms with Crippen molar-refractivity contribution in [2.75, 3.05) is 12.8 Å². The number of rotatable bonds is 6. The van der Waals surface area contributed by atoms with Gasteiger partial charge in [-0.3, -0.25) is 4.79 Å². The summed E-state index contributed by atoms with van der Waals surface area (Å²) in [5.74, 6) is 1.18. The van der Waals surface area contributed by atoms with Crippen molar-refractivity contribution >= 4 is 29.3 Å². The molecule has 1 amide bonds. The van der Waals surface area contributed by atoms with Crippen LogP contribution in [0.15, 0.2) is 41.1 Å². The Balaban J connectivity index is 1.84. The summed E-state index contributed by atoms with van der Waals surface area (Å²) >= 11 is 7.41. The minimum absolute atomic E-state index is 0.0161. The van der Waals surface area contributed by atoms with Gasteiger partial charge < -0.3 is 9.42 Å². The molecule has 2 rings (SSSR count). The molecule has 0 aliphatic carbocycles. The predicted molar refractivity (Wildman–Crippen MR) is 85.3 cm³/mol. The number of benzene rings is 1. The van der Waals surface area contributed by atoms with Crippen LogP contribution in [0, 0.1) is 0 Å². The Labute approximate surface area is 133 Å². The lowest BCUT2D eigenvalue weighted by molar-refractivity contribution is -0.128. The predicted octanol–water partition coefficient (Wildman–Crippen LogP) is 3.78. The Kier molecular flexibility index (Phi) is 5.70. The molecule has 6 heteroatoms. The standard InChI is InChI=1S/C15H17ClN2O2S/c1-11(12-3-5-13(16)6-4-12)18(2)15(19)10-21-9-14-7-8-20-17-14/h3-8,11H,9-10H2,1-2H3/t11-/m1/s1. The first kappa shape index (κ1) is 15.9. The summed E-state index contributed by atoms with van der Waals surface area (Å²) in [7, 11) is 1.82. The lowest BCUT2D eigenvalue weighted by Gasteiger charge is -2.25. The molecule has 0 saturated carbocycles. The van der Waals surface area contributed by atoms with Gasteiger partial charge in [0.15, 0.2) is 0 Å². The van der Waals surface area contributed by atoms with E-state index in [2.05, 4.69) is 5.16 Å². The van der Waals surface area contributed by atoms with Crippen LogP contribution >= 0.6 is 23.4 Å². The third-order valence-electron chi connectivity index (χ3n) is 3.29. The molecule has 1 heterocycles. The van der Waals surface area contributed by atoms with E-state index >= 15 is 0 Å². The zero-order chi connectivity index (χ0) is 15.2. The van der Waals surface area contributed by atoms with E-state index in [1.54, 1.807) is 11.0 Å². The van der Waals surface area contributed by atoms with Gasteiger partial charge in [0, 0.05) is 23.9 Å². The van der Waals surface area contributed by atoms with Gasteiger partial charge in [0.25, 0.3) is 0 Å². The van der Waals surface area contributed by atoms with Gasteiger partial charge >= 0.3 is 0 Å². The first-order chi connectivity index (χ1) is 10.1. The molecule has 0 aliphatic heterocycles. The monoisotopic (exact) mass is 324 g/mol. The first-order valence-electron chi connectivity index (χ1n) is 6.56. The zero-order valence-corrected chi connectivity index (χ0v) is 13.5. The molecule has 0 N–H and O–H groups in total. The molecule has 112 valence electrons. The Morgan fingerprint density at radius 2 is 2.10 bits per heavy atom. The Morgan fingerprint density at radius 3 is 2.71 bits per heavy atom. The summed E-state index contributed by atoms with van der Waals surface area (Å²) in [5, 5.41) is 4.51. The average Bonchev–Trinajstić information content (AvgIpc) is 2.99. The van der Waals surface area contributed by atoms with Crippen LogP contribution in [0.1, 0.15) is 24.2 Å². The zero-order valence-electron chi connectivity index (χ0n) is 12.0. The molecule has 0 bridgehead atoms. The van der Waals surface area contributed by atoms with E-state index in [1.807, 2.05) is 38.2 Å². The summed E-state index contributed by atoms with van der Waals surface area (Å²) in [6, 6.07) is 9.38. The molecule has 1 atom stereocenters. The SMILES string of the molecule is C[C@H](c1ccc(Cl)cc1)N(C)C(=O)CSCc1ccon1. The highest BCUT2D eigenvalue weighted by Crippen LogP contribution is 2.22. The minimum Gasteiger partial charge on any atom is -0.364 e. The number of carbonyl (C=O) groups excluding carboxylic acids is 1. The lowest BCUT2D eigenvalue weighted by atomic mass is 10.1. The largest absolute Gasteiger partial charge is 0.364 e. The van der Waals surface area contributed by atoms with Gasteiger partial charge in [0.2, 0.25) is 5.91 Å². The van der Waals surface area contributed by atoms with Crippen LogP contribution in [0.4, 0.5) is 0 Å². The van der Waals surface area contributed by atoms with E-state index in [0.29, 0.717) is 16.5 Å². The molecule has 0 unspecified atom stereocenters. The molecule has 0 aliphatic rings. The second-order valence-electron chi connectivity index (χ2n) is 4.72. The van der Waals surface area contributed by atoms with E-state index in [-0.39, 0.29) is 11.9 Å². The van der Waals surface area contributed by atoms with E-state index in [0.717, 1.165) is 11.3 Å². The smallest absolute Gasteiger partial charge is 0.232 e. The minimum atomic E-state index is 0.0161. The van der Waals surface area contributed by atoms with Crippen molar-refractivity contribution in [3.05, 3.63) is 52.9 Å². The fourth-order valence-corrected chi connectivity index (χ4v) is 2.80. The molecular formula is C15H17ClN2O2S. The van der Waals surface area contributed by atoms with Crippen molar-refractivity contribution in [3.8, 4) is 0 Å². The van der Waals surface area contributed by atoms with Crippen LogP contribution in [0.2, 0.25) is 5.02 Å². The normalized spacial score (nSPS) is 12.1. The molecule has 0 radical (unpaired) electrons. The summed E-state index contributed by atoms with van der Waals surface area (Å²) in [4.78, 5) is 13.9. The van der Waals surface area contributed by atoms with Crippen LogP contribution < -0.4 is 0 Å². The van der Waals surface area contributed by atoms with Crippen molar-refractivity contribution in [2.45, 2.75) is 18.7 Å². The lowest BCUT2D eigenvalue weighted by Crippen LogP contribution is -2.31. The van der Waals surface area contributed by atoms with Crippen molar-refractivity contribution in [2.24, 2.45) is 0 Å². The molecule has 0 saturated heterocycles. The number of hydrogen-bond acceptors (Lipinski definition) is 4. The van der Waals surface area contributed by atoms with Gasteiger partial charge in [-0.25, -0.2) is 0 Å². The van der Waals surface area contributed by atoms with Gasteiger partial charge in [-0.05, 0) is 24.6 Å². The molecule has 4 nitrogen and oxygen atoms in total. The maximum absolute atomic E-state index is 12.2. The van der Waals surface area contributed by atoms with Gasteiger partial charge in [0.05, 0.1) is 17.5 Å². The summed E-state index contributed by atoms with van der Waals surface area (Å²) < 4.78 is 4.76. The maximum Gasteiger partial charge on any atom is 0.232 e. The Morgan fingerprint density at radius 1 is 1.38 bits per heavy atom. The quantitative estimate of drug-likeness (QED) is 0.811. The molecule has 2 aromatic rings. The molecular weight excluding hydrogens is 308 g/mol. The summed E-state index contributed by atoms with van der Waals surface area (Å²) in [5.41, 5.74) is 1.91. The number of aromatic nitrogens is 1. The van der Waals surface area contributed by atoms with Crippen LogP contribution in [-0.2, 0) is 10.5 Å². The number of hydrogen-bond donors (Lipinski definition) is 0. The van der Waals surface area contributed by atoms with Crippen LogP contribution in [0.5, 0.6) is 0 Å². The third kappa shape index (κ3) is 4.51. The van der Waals surface area contributed by atoms with Crippen molar-refractivity contribution in [1.82, 2.24) is 10.1 Å². The Bertz CT molecular complexity index is 572. The number of nitrogens with zero attached hydrogens (tertiary/aromatic N) is 2. The van der Waals surface area contributed by atoms with Crippen molar-refractivity contribution < 1.29 is 9.32 Å². The fraction of sp³-hybridized carbons (Fsp3) is 0.333. The second-order valence-corrected chi connectivity index (χ2v) is 6.14. The molecule has 1 aromatic carbocycles. The molecule has 0 spiro atoms. The van der Waals surface area contributed by atoms with E-state index in [4.69, 9.17) is 16.1 Å². The van der Waals surface area contributed by atoms with E-state index < -0.39 is 0 Å². The van der Waals surface area contributed by atoms with Crippen LogP contribution in [0.3, 0.4) is 0 Å². The highest BCUT2D eigenvalue weighted by Gasteiger charge is 2.17. The third-order valence-corrected chi connectivity index (χ3v) is 4.50. The second kappa shape index (κ2) is 7.52. The van der Waals surface area contributed by atoms with Crippen molar-refractivity contribution in [1.29, 1.82) is 0 Å². The van der Waals surface area contributed by atoms with Crippen LogP contribution in [0.25, 0.3) is 0 Å². The van der Waals surface area contributed by atoms with Gasteiger partial charge in [-0.2, -0.15) is 0 Å². The van der Waals surface area contributed by atoms with Gasteiger partial charge in [-0.15, -0.1) is 11.8 Å². The summed E-state index contributed by atoms with van der Waals surface area (Å²) in [6.45, 7) is 2.00. The summed E-state index contributed by atoms with van der Waals surface area (Å²) in [6.07, 6.45) is 1.53. The number of amides is 1. The van der Waals surface area contributed by atoms with E-state index in [9.17, 15) is 4.79 Å². The first-order valence-corrected chi connectivity index (χ1v) is 8.09. The number of carbonyl (C=O) groups is 1. The number of halogens is 1. The highest BCUT2D eigenvalue weighted by atomic mass is 35.5. The Hall–Kier alpha value is -1.46. The molecule has 21 heavy (non-hydrogen) atoms. The molecule has 0 fully saturated rings. The van der Waals surface area contributed by atoms with E-state index in [1.165, 1.54) is 18.0 Å². The van der Waals surface area contributed by atoms with Crippen molar-refractivity contribution in [3.63, 3.8) is 0 Å². The van der Waals surface area contributed by atoms with Gasteiger partial charge in [-0.1, -0.05) is 28.9 Å². The number of thioether (sulfide) groups is 1.